The van der Waals surface area contributed by atoms with E-state index in [1.165, 1.54) is 5.56 Å². The number of para-hydroxylation sites is 1. The second-order valence-electron chi connectivity index (χ2n) is 5.90. The van der Waals surface area contributed by atoms with E-state index < -0.39 is 5.91 Å². The molecular formula is C19H20N2O2. The molecule has 4 nitrogen and oxygen atoms in total. The zero-order chi connectivity index (χ0) is 16.2. The van der Waals surface area contributed by atoms with E-state index in [9.17, 15) is 9.59 Å². The molecule has 1 saturated carbocycles. The van der Waals surface area contributed by atoms with Crippen LogP contribution in [0, 0.1) is 5.92 Å². The van der Waals surface area contributed by atoms with Gasteiger partial charge in [0.1, 0.15) is 0 Å². The third-order valence-corrected chi connectivity index (χ3v) is 4.25. The van der Waals surface area contributed by atoms with Crippen molar-refractivity contribution in [3.05, 3.63) is 66.2 Å². The molecule has 0 heterocycles. The first-order valence-corrected chi connectivity index (χ1v) is 7.86. The minimum atomic E-state index is -0.394. The highest BCUT2D eigenvalue weighted by Gasteiger charge is 2.45. The smallest absolute Gasteiger partial charge is 0.230 e. The van der Waals surface area contributed by atoms with Crippen molar-refractivity contribution < 1.29 is 9.59 Å². The molecule has 118 valence electrons. The molecule has 23 heavy (non-hydrogen) atoms. The van der Waals surface area contributed by atoms with Crippen LogP contribution in [0.5, 0.6) is 0 Å². The van der Waals surface area contributed by atoms with E-state index in [4.69, 9.17) is 5.73 Å². The summed E-state index contributed by atoms with van der Waals surface area (Å²) in [6.07, 6.45) is 1.03. The molecule has 2 atom stereocenters. The van der Waals surface area contributed by atoms with Gasteiger partial charge >= 0.3 is 0 Å². The molecule has 2 aromatic carbocycles. The summed E-state index contributed by atoms with van der Waals surface area (Å²) >= 11 is 0. The van der Waals surface area contributed by atoms with Crippen molar-refractivity contribution in [1.82, 2.24) is 0 Å². The number of carbonyl (C=O) groups is 2. The molecule has 2 N–H and O–H groups in total. The highest BCUT2D eigenvalue weighted by molar-refractivity contribution is 5.98. The number of nitrogens with zero attached hydrogens (tertiary/aromatic N) is 1. The zero-order valence-electron chi connectivity index (χ0n) is 12.9. The van der Waals surface area contributed by atoms with Crippen molar-refractivity contribution in [3.63, 3.8) is 0 Å². The summed E-state index contributed by atoms with van der Waals surface area (Å²) in [5, 5.41) is 0. The lowest BCUT2D eigenvalue weighted by molar-refractivity contribution is -0.120. The highest BCUT2D eigenvalue weighted by Crippen LogP contribution is 2.48. The average Bonchev–Trinajstić information content (AvgIpc) is 3.37. The third-order valence-electron chi connectivity index (χ3n) is 4.25. The van der Waals surface area contributed by atoms with E-state index in [0.29, 0.717) is 6.54 Å². The van der Waals surface area contributed by atoms with Crippen molar-refractivity contribution in [1.29, 1.82) is 0 Å². The van der Waals surface area contributed by atoms with Crippen LogP contribution in [0.4, 0.5) is 5.69 Å². The SMILES string of the molecule is NC(=O)CCN(C(=O)[C@H]1C[C@H]1c1ccccc1)c1ccccc1. The van der Waals surface area contributed by atoms with Gasteiger partial charge in [-0.2, -0.15) is 0 Å². The van der Waals surface area contributed by atoms with Gasteiger partial charge in [-0.15, -0.1) is 0 Å². The molecular weight excluding hydrogens is 288 g/mol. The highest BCUT2D eigenvalue weighted by atomic mass is 16.2. The number of amides is 2. The van der Waals surface area contributed by atoms with Gasteiger partial charge in [0.05, 0.1) is 0 Å². The molecule has 0 radical (unpaired) electrons. The summed E-state index contributed by atoms with van der Waals surface area (Å²) in [5.41, 5.74) is 7.27. The maximum absolute atomic E-state index is 12.9. The molecule has 0 spiro atoms. The summed E-state index contributed by atoms with van der Waals surface area (Å²) in [6, 6.07) is 19.6. The van der Waals surface area contributed by atoms with Crippen LogP contribution in [0.25, 0.3) is 0 Å². The lowest BCUT2D eigenvalue weighted by atomic mass is 10.1. The Morgan fingerprint density at radius 2 is 1.61 bits per heavy atom. The van der Waals surface area contributed by atoms with E-state index in [0.717, 1.165) is 12.1 Å². The van der Waals surface area contributed by atoms with E-state index >= 15 is 0 Å². The average molecular weight is 308 g/mol. The van der Waals surface area contributed by atoms with Gasteiger partial charge in [0.15, 0.2) is 0 Å². The Kier molecular flexibility index (Phi) is 4.42. The second kappa shape index (κ2) is 6.65. The van der Waals surface area contributed by atoms with Crippen molar-refractivity contribution in [3.8, 4) is 0 Å². The fourth-order valence-corrected chi connectivity index (χ4v) is 2.93. The number of hydrogen-bond donors (Lipinski definition) is 1. The molecule has 0 aliphatic heterocycles. The number of hydrogen-bond acceptors (Lipinski definition) is 2. The fraction of sp³-hybridized carbons (Fsp3) is 0.263. The Morgan fingerprint density at radius 1 is 1.00 bits per heavy atom. The second-order valence-corrected chi connectivity index (χ2v) is 5.90. The number of nitrogens with two attached hydrogens (primary N) is 1. The largest absolute Gasteiger partial charge is 0.370 e. The van der Waals surface area contributed by atoms with Gasteiger partial charge in [0.25, 0.3) is 0 Å². The predicted molar refractivity (Wildman–Crippen MR) is 89.9 cm³/mol. The van der Waals surface area contributed by atoms with Gasteiger partial charge in [-0.25, -0.2) is 0 Å². The van der Waals surface area contributed by atoms with Gasteiger partial charge in [-0.1, -0.05) is 48.5 Å². The number of primary amides is 1. The summed E-state index contributed by atoms with van der Waals surface area (Å²) in [4.78, 5) is 25.7. The van der Waals surface area contributed by atoms with Crippen LogP contribution in [0.15, 0.2) is 60.7 Å². The molecule has 0 aromatic heterocycles. The van der Waals surface area contributed by atoms with Gasteiger partial charge in [-0.05, 0) is 30.0 Å². The number of carbonyl (C=O) groups excluding carboxylic acids is 2. The van der Waals surface area contributed by atoms with Crippen LogP contribution in [0.1, 0.15) is 24.3 Å². The normalized spacial score (nSPS) is 19.1. The molecule has 1 aliphatic rings. The van der Waals surface area contributed by atoms with Gasteiger partial charge in [0, 0.05) is 24.6 Å². The fourth-order valence-electron chi connectivity index (χ4n) is 2.93. The lowest BCUT2D eigenvalue weighted by Crippen LogP contribution is -2.35. The third kappa shape index (κ3) is 3.59. The molecule has 4 heteroatoms. The molecule has 1 aliphatic carbocycles. The monoisotopic (exact) mass is 308 g/mol. The summed E-state index contributed by atoms with van der Waals surface area (Å²) in [6.45, 7) is 0.330. The van der Waals surface area contributed by atoms with E-state index in [1.807, 2.05) is 48.5 Å². The van der Waals surface area contributed by atoms with Crippen LogP contribution in [0.2, 0.25) is 0 Å². The number of benzene rings is 2. The summed E-state index contributed by atoms with van der Waals surface area (Å²) in [5.74, 6) is -0.0468. The molecule has 3 rings (SSSR count). The molecule has 0 unspecified atom stereocenters. The minimum Gasteiger partial charge on any atom is -0.370 e. The Bertz CT molecular complexity index is 685. The Labute approximate surface area is 135 Å². The first-order chi connectivity index (χ1) is 11.2. The van der Waals surface area contributed by atoms with Crippen LogP contribution >= 0.6 is 0 Å². The molecule has 1 fully saturated rings. The van der Waals surface area contributed by atoms with Crippen LogP contribution < -0.4 is 10.6 Å². The van der Waals surface area contributed by atoms with Gasteiger partial charge in [0.2, 0.25) is 11.8 Å². The van der Waals surface area contributed by atoms with E-state index in [1.54, 1.807) is 4.90 Å². The quantitative estimate of drug-likeness (QED) is 0.891. The standard InChI is InChI=1S/C19H20N2O2/c20-18(22)11-12-21(15-9-5-2-6-10-15)19(23)17-13-16(17)14-7-3-1-4-8-14/h1-10,16-17H,11-13H2,(H2,20,22)/t16-,17-/m0/s1. The predicted octanol–water partition coefficient (Wildman–Crippen LogP) is 2.70. The maximum Gasteiger partial charge on any atom is 0.230 e. The Hall–Kier alpha value is -2.62. The minimum absolute atomic E-state index is 0.00881. The Morgan fingerprint density at radius 3 is 2.22 bits per heavy atom. The molecule has 2 aromatic rings. The van der Waals surface area contributed by atoms with E-state index in [-0.39, 0.29) is 24.2 Å². The number of rotatable bonds is 6. The summed E-state index contributed by atoms with van der Waals surface area (Å²) < 4.78 is 0. The molecule has 2 amide bonds. The lowest BCUT2D eigenvalue weighted by Gasteiger charge is -2.22. The first-order valence-electron chi connectivity index (χ1n) is 7.86. The Balaban J connectivity index is 1.75. The molecule has 0 bridgehead atoms. The number of anilines is 1. The van der Waals surface area contributed by atoms with E-state index in [2.05, 4.69) is 12.1 Å². The van der Waals surface area contributed by atoms with Crippen LogP contribution in [0.3, 0.4) is 0 Å². The van der Waals surface area contributed by atoms with Crippen molar-refractivity contribution in [2.75, 3.05) is 11.4 Å². The van der Waals surface area contributed by atoms with Gasteiger partial charge < -0.3 is 10.6 Å². The molecule has 0 saturated heterocycles. The summed E-state index contributed by atoms with van der Waals surface area (Å²) in [7, 11) is 0. The van der Waals surface area contributed by atoms with Crippen LogP contribution in [-0.4, -0.2) is 18.4 Å². The maximum atomic E-state index is 12.9. The zero-order valence-corrected chi connectivity index (χ0v) is 12.9. The van der Waals surface area contributed by atoms with Gasteiger partial charge in [-0.3, -0.25) is 9.59 Å². The van der Waals surface area contributed by atoms with Crippen molar-refractivity contribution >= 4 is 17.5 Å². The van der Waals surface area contributed by atoms with Crippen molar-refractivity contribution in [2.45, 2.75) is 18.8 Å². The van der Waals surface area contributed by atoms with Crippen LogP contribution in [-0.2, 0) is 9.59 Å². The topological polar surface area (TPSA) is 63.4 Å². The van der Waals surface area contributed by atoms with Crippen molar-refractivity contribution in [2.24, 2.45) is 11.7 Å². The first kappa shape index (κ1) is 15.3.